The van der Waals surface area contributed by atoms with Crippen LogP contribution in [0.3, 0.4) is 0 Å². The lowest BCUT2D eigenvalue weighted by Crippen LogP contribution is -2.14. The van der Waals surface area contributed by atoms with Crippen LogP contribution < -0.4 is 4.72 Å². The van der Waals surface area contributed by atoms with Crippen LogP contribution in [0, 0.1) is 19.5 Å². The van der Waals surface area contributed by atoms with Gasteiger partial charge in [-0.2, -0.15) is 0 Å². The molecule has 0 radical (unpaired) electrons. The van der Waals surface area contributed by atoms with Crippen LogP contribution in [0.25, 0.3) is 0 Å². The van der Waals surface area contributed by atoms with E-state index in [0.717, 1.165) is 15.7 Å². The molecule has 21 heavy (non-hydrogen) atoms. The summed E-state index contributed by atoms with van der Waals surface area (Å²) in [5, 5.41) is 10.5. The van der Waals surface area contributed by atoms with E-state index in [2.05, 4.69) is 27.3 Å². The van der Waals surface area contributed by atoms with E-state index in [0.29, 0.717) is 6.07 Å². The maximum Gasteiger partial charge on any atom is 0.272 e. The molecule has 0 bridgehead atoms. The minimum Gasteiger partial charge on any atom is -0.280 e. The van der Waals surface area contributed by atoms with Gasteiger partial charge in [0.25, 0.3) is 15.7 Å². The fourth-order valence-electron chi connectivity index (χ4n) is 1.55. The van der Waals surface area contributed by atoms with Gasteiger partial charge in [0.15, 0.2) is 5.82 Å². The third kappa shape index (κ3) is 3.67. The predicted octanol–water partition coefficient (Wildman–Crippen LogP) is 3.14. The van der Waals surface area contributed by atoms with E-state index in [-0.39, 0.29) is 5.69 Å². The molecular formula is C12H8FIN2O4S. The second-order valence-electron chi connectivity index (χ2n) is 3.98. The molecule has 9 heteroatoms. The van der Waals surface area contributed by atoms with Crippen molar-refractivity contribution in [2.75, 3.05) is 4.72 Å². The van der Waals surface area contributed by atoms with Gasteiger partial charge in [0.05, 0.1) is 11.0 Å². The Bertz CT molecular complexity index is 793. The fourth-order valence-corrected chi connectivity index (χ4v) is 3.03. The number of benzene rings is 2. The summed E-state index contributed by atoms with van der Waals surface area (Å²) < 4.78 is 41.0. The molecule has 0 fully saturated rings. The zero-order chi connectivity index (χ0) is 15.6. The summed E-state index contributed by atoms with van der Waals surface area (Å²) in [7, 11) is -4.15. The topological polar surface area (TPSA) is 89.3 Å². The molecule has 0 unspecified atom stereocenters. The van der Waals surface area contributed by atoms with Crippen molar-refractivity contribution in [3.63, 3.8) is 0 Å². The number of anilines is 1. The quantitative estimate of drug-likeness (QED) is 0.466. The number of rotatable bonds is 4. The lowest BCUT2D eigenvalue weighted by Gasteiger charge is -2.08. The van der Waals surface area contributed by atoms with Crippen LogP contribution >= 0.6 is 22.6 Å². The number of halogens is 2. The molecule has 0 aliphatic rings. The van der Waals surface area contributed by atoms with Crippen LogP contribution in [0.1, 0.15) is 0 Å². The molecule has 0 saturated carbocycles. The first-order valence-corrected chi connectivity index (χ1v) is 8.08. The lowest BCUT2D eigenvalue weighted by molar-refractivity contribution is -0.385. The van der Waals surface area contributed by atoms with E-state index in [1.807, 2.05) is 0 Å². The average molecular weight is 422 g/mol. The molecule has 6 nitrogen and oxygen atoms in total. The zero-order valence-corrected chi connectivity index (χ0v) is 13.3. The first kappa shape index (κ1) is 15.6. The van der Waals surface area contributed by atoms with Gasteiger partial charge < -0.3 is 0 Å². The van der Waals surface area contributed by atoms with Crippen LogP contribution in [0.2, 0.25) is 0 Å². The number of nitro benzene ring substituents is 1. The Morgan fingerprint density at radius 2 is 1.76 bits per heavy atom. The third-order valence-electron chi connectivity index (χ3n) is 2.51. The average Bonchev–Trinajstić information content (AvgIpc) is 2.40. The van der Waals surface area contributed by atoms with Gasteiger partial charge in [-0.3, -0.25) is 14.8 Å². The van der Waals surface area contributed by atoms with E-state index in [1.165, 1.54) is 12.1 Å². The van der Waals surface area contributed by atoms with Crippen LogP contribution in [0.5, 0.6) is 0 Å². The van der Waals surface area contributed by atoms with Crippen molar-refractivity contribution >= 4 is 44.0 Å². The van der Waals surface area contributed by atoms with Crippen molar-refractivity contribution in [2.45, 2.75) is 4.90 Å². The molecule has 2 rings (SSSR count). The van der Waals surface area contributed by atoms with Gasteiger partial charge in [-0.15, -0.1) is 0 Å². The summed E-state index contributed by atoms with van der Waals surface area (Å²) >= 11 is 2.06. The van der Waals surface area contributed by atoms with Gasteiger partial charge in [-0.1, -0.05) is 0 Å². The summed E-state index contributed by atoms with van der Waals surface area (Å²) in [4.78, 5) is 9.06. The molecule has 0 aliphatic heterocycles. The van der Waals surface area contributed by atoms with Crippen molar-refractivity contribution in [2.24, 2.45) is 0 Å². The number of hydrogen-bond acceptors (Lipinski definition) is 4. The van der Waals surface area contributed by atoms with Gasteiger partial charge in [-0.25, -0.2) is 12.8 Å². The minimum atomic E-state index is -4.15. The highest BCUT2D eigenvalue weighted by atomic mass is 127. The standard InChI is InChI=1S/C12H8FIN2O4S/c13-11-7-10(16(17)18)5-6-12(11)21(19,20)15-9-3-1-8(14)2-4-9/h1-7,15H. The minimum absolute atomic E-state index is 0.271. The molecule has 2 aromatic carbocycles. The molecule has 0 saturated heterocycles. The molecule has 0 amide bonds. The van der Waals surface area contributed by atoms with E-state index < -0.39 is 31.3 Å². The molecule has 0 aliphatic carbocycles. The molecule has 0 aromatic heterocycles. The van der Waals surface area contributed by atoms with Gasteiger partial charge in [0.2, 0.25) is 0 Å². The first-order chi connectivity index (χ1) is 9.79. The van der Waals surface area contributed by atoms with E-state index in [4.69, 9.17) is 0 Å². The molecular weight excluding hydrogens is 414 g/mol. The van der Waals surface area contributed by atoms with Gasteiger partial charge in [0.1, 0.15) is 4.90 Å². The smallest absolute Gasteiger partial charge is 0.272 e. The molecule has 110 valence electrons. The number of sulfonamides is 1. The van der Waals surface area contributed by atoms with Gasteiger partial charge in [-0.05, 0) is 52.9 Å². The Morgan fingerprint density at radius 1 is 1.14 bits per heavy atom. The second kappa shape index (κ2) is 5.93. The number of nitro groups is 1. The first-order valence-electron chi connectivity index (χ1n) is 5.52. The number of hydrogen-bond donors (Lipinski definition) is 1. The Kier molecular flexibility index (Phi) is 4.42. The number of nitrogens with one attached hydrogen (secondary N) is 1. The maximum atomic E-state index is 13.7. The number of non-ortho nitro benzene ring substituents is 1. The molecule has 1 N–H and O–H groups in total. The highest BCUT2D eigenvalue weighted by molar-refractivity contribution is 14.1. The van der Waals surface area contributed by atoms with Crippen LogP contribution in [0.4, 0.5) is 15.8 Å². The summed E-state index contributed by atoms with van der Waals surface area (Å²) in [6, 6.07) is 8.80. The molecule has 2 aromatic rings. The summed E-state index contributed by atoms with van der Waals surface area (Å²) in [5.41, 5.74) is -0.242. The third-order valence-corrected chi connectivity index (χ3v) is 4.65. The fraction of sp³-hybridized carbons (Fsp3) is 0. The van der Waals surface area contributed by atoms with Crippen molar-refractivity contribution in [3.05, 3.63) is 62.0 Å². The van der Waals surface area contributed by atoms with E-state index in [1.54, 1.807) is 12.1 Å². The van der Waals surface area contributed by atoms with Crippen molar-refractivity contribution in [1.82, 2.24) is 0 Å². The zero-order valence-electron chi connectivity index (χ0n) is 10.3. The monoisotopic (exact) mass is 422 g/mol. The Balaban J connectivity index is 2.35. The normalized spacial score (nSPS) is 11.1. The van der Waals surface area contributed by atoms with Crippen LogP contribution in [-0.4, -0.2) is 13.3 Å². The molecule has 0 atom stereocenters. The summed E-state index contributed by atoms with van der Waals surface area (Å²) in [5.74, 6) is -1.18. The summed E-state index contributed by atoms with van der Waals surface area (Å²) in [6.45, 7) is 0. The van der Waals surface area contributed by atoms with E-state index in [9.17, 15) is 22.9 Å². The largest absolute Gasteiger partial charge is 0.280 e. The van der Waals surface area contributed by atoms with Crippen molar-refractivity contribution in [1.29, 1.82) is 0 Å². The lowest BCUT2D eigenvalue weighted by atomic mass is 10.3. The van der Waals surface area contributed by atoms with Crippen molar-refractivity contribution < 1.29 is 17.7 Å². The van der Waals surface area contributed by atoms with E-state index >= 15 is 0 Å². The second-order valence-corrected chi connectivity index (χ2v) is 6.88. The predicted molar refractivity (Wildman–Crippen MR) is 83.0 cm³/mol. The Hall–Kier alpha value is -1.75. The van der Waals surface area contributed by atoms with Crippen LogP contribution in [-0.2, 0) is 10.0 Å². The maximum absolute atomic E-state index is 13.7. The van der Waals surface area contributed by atoms with Gasteiger partial charge in [0, 0.05) is 15.3 Å². The van der Waals surface area contributed by atoms with Crippen LogP contribution in [0.15, 0.2) is 47.4 Å². The van der Waals surface area contributed by atoms with Crippen molar-refractivity contribution in [3.8, 4) is 0 Å². The Labute approximate surface area is 133 Å². The molecule has 0 spiro atoms. The number of nitrogens with zero attached hydrogens (tertiary/aromatic N) is 1. The molecule has 0 heterocycles. The SMILES string of the molecule is O=[N+]([O-])c1ccc(S(=O)(=O)Nc2ccc(I)cc2)c(F)c1. The van der Waals surface area contributed by atoms with Gasteiger partial charge >= 0.3 is 0 Å². The Morgan fingerprint density at radius 3 is 2.29 bits per heavy atom. The summed E-state index contributed by atoms with van der Waals surface area (Å²) in [6.07, 6.45) is 0. The highest BCUT2D eigenvalue weighted by Crippen LogP contribution is 2.23. The highest BCUT2D eigenvalue weighted by Gasteiger charge is 2.21.